The second-order valence-electron chi connectivity index (χ2n) is 9.34. The Labute approximate surface area is 248 Å². The van der Waals surface area contributed by atoms with Gasteiger partial charge < -0.3 is 20.7 Å². The van der Waals surface area contributed by atoms with Crippen LogP contribution < -0.4 is 21.5 Å². The molecule has 0 aliphatic carbocycles. The summed E-state index contributed by atoms with van der Waals surface area (Å²) in [5.41, 5.74) is 6.79. The van der Waals surface area contributed by atoms with E-state index in [1.807, 2.05) is 0 Å². The van der Waals surface area contributed by atoms with Crippen LogP contribution >= 0.6 is 27.5 Å². The summed E-state index contributed by atoms with van der Waals surface area (Å²) in [7, 11) is 1.52. The van der Waals surface area contributed by atoms with Crippen molar-refractivity contribution >= 4 is 45.3 Å². The van der Waals surface area contributed by atoms with Crippen LogP contribution in [0.3, 0.4) is 0 Å². The van der Waals surface area contributed by atoms with E-state index in [-0.39, 0.29) is 31.2 Å². The first-order valence-corrected chi connectivity index (χ1v) is 13.7. The first-order chi connectivity index (χ1) is 19.7. The molecule has 41 heavy (non-hydrogen) atoms. The first-order valence-electron chi connectivity index (χ1n) is 12.6. The minimum Gasteiger partial charge on any atom is -0.497 e. The van der Waals surface area contributed by atoms with Gasteiger partial charge >= 0.3 is 5.69 Å². The maximum Gasteiger partial charge on any atom is 0.333 e. The Morgan fingerprint density at radius 2 is 1.73 bits per heavy atom. The normalized spacial score (nSPS) is 13.3. The fourth-order valence-electron chi connectivity index (χ4n) is 4.81. The lowest BCUT2D eigenvalue weighted by Crippen LogP contribution is -2.41. The summed E-state index contributed by atoms with van der Waals surface area (Å²) in [5.74, 6) is -1.19. The number of halogens is 2. The summed E-state index contributed by atoms with van der Waals surface area (Å²) in [6.07, 6.45) is 0. The Bertz CT molecular complexity index is 1700. The van der Waals surface area contributed by atoms with Crippen LogP contribution in [0.15, 0.2) is 82.1 Å². The topological polar surface area (TPSA) is 129 Å². The van der Waals surface area contributed by atoms with E-state index in [0.29, 0.717) is 37.8 Å². The van der Waals surface area contributed by atoms with Crippen molar-refractivity contribution in [2.24, 2.45) is 5.73 Å². The van der Waals surface area contributed by atoms with Gasteiger partial charge in [-0.05, 0) is 64.0 Å². The quantitative estimate of drug-likeness (QED) is 0.319. The second kappa shape index (κ2) is 11.6. The Balaban J connectivity index is 1.59. The number of ether oxygens (including phenoxy) is 1. The van der Waals surface area contributed by atoms with Crippen LogP contribution in [-0.2, 0) is 17.9 Å². The summed E-state index contributed by atoms with van der Waals surface area (Å²) >= 11 is 9.54. The van der Waals surface area contributed by atoms with Gasteiger partial charge in [-0.3, -0.25) is 23.5 Å². The molecule has 12 heteroatoms. The van der Waals surface area contributed by atoms with E-state index in [0.717, 1.165) is 0 Å². The molecule has 3 N–H and O–H groups in total. The van der Waals surface area contributed by atoms with Crippen LogP contribution in [0.5, 0.6) is 5.75 Å². The highest BCUT2D eigenvalue weighted by Gasteiger charge is 2.33. The van der Waals surface area contributed by atoms with Gasteiger partial charge in [-0.2, -0.15) is 0 Å². The van der Waals surface area contributed by atoms with E-state index in [1.54, 1.807) is 77.7 Å². The SMILES string of the molecule is COc1ccc(-n2c(C(=O)N[C@@H](C(N)=O)c3ccccc3)c3n(c2=O)CCN(C(=O)c2ccc(Br)c(Cl)c2)C3)cc1. The second-order valence-corrected chi connectivity index (χ2v) is 10.6. The lowest BCUT2D eigenvalue weighted by atomic mass is 10.1. The van der Waals surface area contributed by atoms with Gasteiger partial charge in [0, 0.05) is 23.1 Å². The van der Waals surface area contributed by atoms with E-state index in [4.69, 9.17) is 22.1 Å². The van der Waals surface area contributed by atoms with Crippen LogP contribution in [0.2, 0.25) is 5.02 Å². The Morgan fingerprint density at radius 3 is 2.37 bits per heavy atom. The highest BCUT2D eigenvalue weighted by Crippen LogP contribution is 2.26. The van der Waals surface area contributed by atoms with Gasteiger partial charge in [0.15, 0.2) is 0 Å². The van der Waals surface area contributed by atoms with Crippen molar-refractivity contribution in [1.82, 2.24) is 19.4 Å². The highest BCUT2D eigenvalue weighted by molar-refractivity contribution is 9.10. The van der Waals surface area contributed by atoms with Gasteiger partial charge in [-0.25, -0.2) is 4.79 Å². The molecule has 2 heterocycles. The fraction of sp³-hybridized carbons (Fsp3) is 0.172. The molecule has 3 amide bonds. The molecule has 4 aromatic rings. The number of nitrogens with zero attached hydrogens (tertiary/aromatic N) is 3. The number of nitrogens with one attached hydrogen (secondary N) is 1. The fourth-order valence-corrected chi connectivity index (χ4v) is 5.24. The molecule has 0 unspecified atom stereocenters. The molecule has 0 saturated heterocycles. The van der Waals surface area contributed by atoms with Crippen molar-refractivity contribution in [3.05, 3.63) is 115 Å². The molecule has 0 spiro atoms. The van der Waals surface area contributed by atoms with Gasteiger partial charge in [0.1, 0.15) is 17.5 Å². The van der Waals surface area contributed by atoms with Gasteiger partial charge in [0.25, 0.3) is 11.8 Å². The van der Waals surface area contributed by atoms with E-state index in [1.165, 1.54) is 16.2 Å². The molecule has 210 valence electrons. The number of fused-ring (bicyclic) bond motifs is 1. The predicted molar refractivity (Wildman–Crippen MR) is 156 cm³/mol. The number of nitrogens with two attached hydrogens (primary N) is 1. The van der Waals surface area contributed by atoms with Crippen LogP contribution in [0.25, 0.3) is 5.69 Å². The van der Waals surface area contributed by atoms with Crippen molar-refractivity contribution in [2.45, 2.75) is 19.1 Å². The van der Waals surface area contributed by atoms with Crippen molar-refractivity contribution in [1.29, 1.82) is 0 Å². The summed E-state index contributed by atoms with van der Waals surface area (Å²) in [6, 6.07) is 19.0. The Morgan fingerprint density at radius 1 is 1.02 bits per heavy atom. The van der Waals surface area contributed by atoms with Crippen molar-refractivity contribution < 1.29 is 19.1 Å². The van der Waals surface area contributed by atoms with Gasteiger partial charge in [-0.15, -0.1) is 0 Å². The maximum atomic E-state index is 13.9. The molecule has 1 atom stereocenters. The Hall–Kier alpha value is -4.35. The lowest BCUT2D eigenvalue weighted by Gasteiger charge is -2.28. The lowest BCUT2D eigenvalue weighted by molar-refractivity contribution is -0.120. The maximum absolute atomic E-state index is 13.9. The van der Waals surface area contributed by atoms with Crippen LogP contribution in [0.4, 0.5) is 0 Å². The summed E-state index contributed by atoms with van der Waals surface area (Å²) < 4.78 is 8.64. The van der Waals surface area contributed by atoms with Gasteiger partial charge in [0.05, 0.1) is 30.1 Å². The number of amides is 3. The van der Waals surface area contributed by atoms with E-state index < -0.39 is 23.5 Å². The van der Waals surface area contributed by atoms with Crippen LogP contribution in [0.1, 0.15) is 38.1 Å². The Kier molecular flexibility index (Phi) is 8.00. The third kappa shape index (κ3) is 5.50. The van der Waals surface area contributed by atoms with E-state index in [2.05, 4.69) is 21.2 Å². The number of hydrogen-bond acceptors (Lipinski definition) is 5. The number of hydrogen-bond donors (Lipinski definition) is 2. The van der Waals surface area contributed by atoms with Crippen molar-refractivity contribution in [3.63, 3.8) is 0 Å². The van der Waals surface area contributed by atoms with Gasteiger partial charge in [-0.1, -0.05) is 41.9 Å². The molecule has 0 bridgehead atoms. The molecule has 0 saturated carbocycles. The summed E-state index contributed by atoms with van der Waals surface area (Å²) in [4.78, 5) is 55.0. The molecule has 1 aliphatic heterocycles. The zero-order valence-corrected chi connectivity index (χ0v) is 24.2. The van der Waals surface area contributed by atoms with Crippen LogP contribution in [-0.4, -0.2) is 45.4 Å². The number of carbonyl (C=O) groups excluding carboxylic acids is 3. The molecule has 5 rings (SSSR count). The number of methoxy groups -OCH3 is 1. The smallest absolute Gasteiger partial charge is 0.333 e. The molecule has 1 aliphatic rings. The highest BCUT2D eigenvalue weighted by atomic mass is 79.9. The zero-order valence-electron chi connectivity index (χ0n) is 21.8. The van der Waals surface area contributed by atoms with Gasteiger partial charge in [0.2, 0.25) is 5.91 Å². The van der Waals surface area contributed by atoms with Crippen LogP contribution in [0, 0.1) is 0 Å². The third-order valence-corrected chi connectivity index (χ3v) is 8.10. The number of imidazole rings is 1. The standard InChI is InChI=1S/C29H25BrClN5O5/c1-41-20-10-8-19(9-11-20)36-25(27(38)33-24(26(32)37)17-5-3-2-4-6-17)23-16-34(13-14-35(23)29(36)40)28(39)18-7-12-21(30)22(31)15-18/h2-12,15,24H,13-14,16H2,1H3,(H2,32,37)(H,33,38)/t24-/m1/s1. The number of benzene rings is 3. The molecule has 1 aromatic heterocycles. The monoisotopic (exact) mass is 637 g/mol. The molecule has 3 aromatic carbocycles. The number of aromatic nitrogens is 2. The number of rotatable bonds is 7. The number of primary amides is 1. The molecule has 10 nitrogen and oxygen atoms in total. The zero-order chi connectivity index (χ0) is 29.3. The average molecular weight is 639 g/mol. The summed E-state index contributed by atoms with van der Waals surface area (Å²) in [5, 5.41) is 3.08. The molecule has 0 radical (unpaired) electrons. The predicted octanol–water partition coefficient (Wildman–Crippen LogP) is 3.68. The van der Waals surface area contributed by atoms with Crippen molar-refractivity contribution in [2.75, 3.05) is 13.7 Å². The first kappa shape index (κ1) is 28.2. The average Bonchev–Trinajstić information content (AvgIpc) is 3.28. The molecular formula is C29H25BrClN5O5. The van der Waals surface area contributed by atoms with E-state index in [9.17, 15) is 19.2 Å². The molecule has 0 fully saturated rings. The van der Waals surface area contributed by atoms with E-state index >= 15 is 0 Å². The minimum absolute atomic E-state index is 0.00585. The number of carbonyl (C=O) groups is 3. The third-order valence-electron chi connectivity index (χ3n) is 6.87. The minimum atomic E-state index is -1.15. The largest absolute Gasteiger partial charge is 0.497 e. The summed E-state index contributed by atoms with van der Waals surface area (Å²) in [6.45, 7) is 0.368. The molecular weight excluding hydrogens is 614 g/mol. The van der Waals surface area contributed by atoms with Crippen molar-refractivity contribution in [3.8, 4) is 11.4 Å².